The van der Waals surface area contributed by atoms with E-state index in [-0.39, 0.29) is 19.3 Å². The fraction of sp³-hybridized carbons (Fsp3) is 0.571. The Labute approximate surface area is 103 Å². The van der Waals surface area contributed by atoms with Gasteiger partial charge in [0, 0.05) is 12.3 Å². The van der Waals surface area contributed by atoms with Crippen LogP contribution in [0.3, 0.4) is 0 Å². The van der Waals surface area contributed by atoms with Gasteiger partial charge in [0.2, 0.25) is 0 Å². The van der Waals surface area contributed by atoms with Crippen molar-refractivity contribution in [1.82, 2.24) is 0 Å². The summed E-state index contributed by atoms with van der Waals surface area (Å²) in [4.78, 5) is 0. The molecule has 0 saturated carbocycles. The van der Waals surface area contributed by atoms with E-state index in [0.29, 0.717) is 6.42 Å². The fourth-order valence-electron chi connectivity index (χ4n) is 2.00. The first-order valence-electron chi connectivity index (χ1n) is 6.35. The number of aryl methyl sites for hydroxylation is 2. The summed E-state index contributed by atoms with van der Waals surface area (Å²) in [6, 6.07) is 6.21. The number of aliphatic hydroxyl groups excluding tert-OH is 2. The van der Waals surface area contributed by atoms with Gasteiger partial charge in [0.05, 0.1) is 12.6 Å². The number of benzene rings is 1. The monoisotopic (exact) mass is 237 g/mol. The van der Waals surface area contributed by atoms with E-state index in [1.54, 1.807) is 0 Å². The summed E-state index contributed by atoms with van der Waals surface area (Å²) in [6.45, 7) is 4.38. The predicted molar refractivity (Wildman–Crippen MR) is 71.4 cm³/mol. The molecule has 96 valence electrons. The highest BCUT2D eigenvalue weighted by Gasteiger charge is 2.11. The van der Waals surface area contributed by atoms with E-state index in [0.717, 1.165) is 18.5 Å². The molecule has 1 aromatic rings. The number of anilines is 1. The highest BCUT2D eigenvalue weighted by Crippen LogP contribution is 2.23. The van der Waals surface area contributed by atoms with Gasteiger partial charge in [0.15, 0.2) is 0 Å². The lowest BCUT2D eigenvalue weighted by molar-refractivity contribution is 0.229. The maximum Gasteiger partial charge on any atom is 0.0633 e. The van der Waals surface area contributed by atoms with Gasteiger partial charge in [-0.15, -0.1) is 0 Å². The minimum atomic E-state index is -0.0713. The first kappa shape index (κ1) is 14.0. The summed E-state index contributed by atoms with van der Waals surface area (Å²) in [7, 11) is 0. The van der Waals surface area contributed by atoms with Gasteiger partial charge >= 0.3 is 0 Å². The lowest BCUT2D eigenvalue weighted by Gasteiger charge is -2.21. The molecule has 1 rings (SSSR count). The molecule has 1 atom stereocenters. The molecule has 0 fully saturated rings. The normalized spacial score (nSPS) is 12.5. The molecule has 0 radical (unpaired) electrons. The van der Waals surface area contributed by atoms with Gasteiger partial charge in [-0.1, -0.05) is 32.0 Å². The van der Waals surface area contributed by atoms with Crippen LogP contribution in [0.2, 0.25) is 0 Å². The molecule has 0 bridgehead atoms. The van der Waals surface area contributed by atoms with Crippen LogP contribution in [-0.4, -0.2) is 29.5 Å². The molecule has 0 amide bonds. The second kappa shape index (κ2) is 7.30. The van der Waals surface area contributed by atoms with E-state index in [2.05, 4.69) is 37.4 Å². The number of rotatable bonds is 7. The summed E-state index contributed by atoms with van der Waals surface area (Å²) >= 11 is 0. The summed E-state index contributed by atoms with van der Waals surface area (Å²) in [5.41, 5.74) is 3.66. The van der Waals surface area contributed by atoms with Crippen LogP contribution < -0.4 is 5.32 Å². The van der Waals surface area contributed by atoms with Crippen LogP contribution in [0.1, 0.15) is 31.4 Å². The highest BCUT2D eigenvalue weighted by molar-refractivity contribution is 5.58. The van der Waals surface area contributed by atoms with Crippen molar-refractivity contribution >= 4 is 5.69 Å². The second-order valence-corrected chi connectivity index (χ2v) is 4.19. The average molecular weight is 237 g/mol. The molecule has 17 heavy (non-hydrogen) atoms. The minimum absolute atomic E-state index is 0.0434. The summed E-state index contributed by atoms with van der Waals surface area (Å²) in [5, 5.41) is 21.6. The van der Waals surface area contributed by atoms with Crippen LogP contribution >= 0.6 is 0 Å². The predicted octanol–water partition coefficient (Wildman–Crippen LogP) is 1.97. The lowest BCUT2D eigenvalue weighted by atomic mass is 10.0. The Morgan fingerprint density at radius 1 is 1.12 bits per heavy atom. The molecular formula is C14H23NO2. The zero-order valence-electron chi connectivity index (χ0n) is 10.7. The molecule has 1 aromatic carbocycles. The van der Waals surface area contributed by atoms with E-state index in [4.69, 9.17) is 5.11 Å². The zero-order chi connectivity index (χ0) is 12.7. The number of aliphatic hydroxyl groups is 2. The first-order chi connectivity index (χ1) is 8.26. The topological polar surface area (TPSA) is 52.5 Å². The zero-order valence-corrected chi connectivity index (χ0v) is 10.7. The van der Waals surface area contributed by atoms with Crippen LogP contribution in [0.15, 0.2) is 18.2 Å². The smallest absolute Gasteiger partial charge is 0.0633 e. The SMILES string of the molecule is CCc1cccc(CC)c1NC(CO)CCO. The number of hydrogen-bond acceptors (Lipinski definition) is 3. The van der Waals surface area contributed by atoms with Gasteiger partial charge in [-0.25, -0.2) is 0 Å². The van der Waals surface area contributed by atoms with Crippen LogP contribution in [0.25, 0.3) is 0 Å². The van der Waals surface area contributed by atoms with Gasteiger partial charge in [0.1, 0.15) is 0 Å². The third-order valence-corrected chi connectivity index (χ3v) is 3.05. The Balaban J connectivity index is 2.93. The van der Waals surface area contributed by atoms with Crippen molar-refractivity contribution in [2.45, 2.75) is 39.2 Å². The third kappa shape index (κ3) is 3.72. The summed E-state index contributed by atoms with van der Waals surface area (Å²) in [5.74, 6) is 0. The molecule has 3 nitrogen and oxygen atoms in total. The van der Waals surface area contributed by atoms with Crippen molar-refractivity contribution in [3.8, 4) is 0 Å². The minimum Gasteiger partial charge on any atom is -0.396 e. The molecule has 0 aliphatic heterocycles. The number of para-hydroxylation sites is 1. The van der Waals surface area contributed by atoms with E-state index in [1.807, 2.05) is 0 Å². The molecule has 0 saturated heterocycles. The molecule has 3 heteroatoms. The Kier molecular flexibility index (Phi) is 6.01. The Morgan fingerprint density at radius 3 is 2.12 bits per heavy atom. The Morgan fingerprint density at radius 2 is 1.71 bits per heavy atom. The first-order valence-corrected chi connectivity index (χ1v) is 6.35. The maximum atomic E-state index is 9.27. The molecule has 3 N–H and O–H groups in total. The van der Waals surface area contributed by atoms with Crippen molar-refractivity contribution in [2.75, 3.05) is 18.5 Å². The van der Waals surface area contributed by atoms with Gasteiger partial charge in [0.25, 0.3) is 0 Å². The van der Waals surface area contributed by atoms with Crippen LogP contribution in [0, 0.1) is 0 Å². The average Bonchev–Trinajstić information content (AvgIpc) is 2.38. The Bertz CT molecular complexity index is 317. The molecule has 0 aromatic heterocycles. The van der Waals surface area contributed by atoms with E-state index < -0.39 is 0 Å². The van der Waals surface area contributed by atoms with Gasteiger partial charge in [-0.2, -0.15) is 0 Å². The number of hydrogen-bond donors (Lipinski definition) is 3. The standard InChI is InChI=1S/C14H23NO2/c1-3-11-6-5-7-12(4-2)14(11)15-13(10-17)8-9-16/h5-7,13,15-17H,3-4,8-10H2,1-2H3. The Hall–Kier alpha value is -1.06. The molecule has 1 unspecified atom stereocenters. The highest BCUT2D eigenvalue weighted by atomic mass is 16.3. The van der Waals surface area contributed by atoms with Gasteiger partial charge < -0.3 is 15.5 Å². The van der Waals surface area contributed by atoms with E-state index >= 15 is 0 Å². The summed E-state index contributed by atoms with van der Waals surface area (Å²) < 4.78 is 0. The van der Waals surface area contributed by atoms with Crippen molar-refractivity contribution in [3.63, 3.8) is 0 Å². The maximum absolute atomic E-state index is 9.27. The van der Waals surface area contributed by atoms with Crippen molar-refractivity contribution in [3.05, 3.63) is 29.3 Å². The summed E-state index contributed by atoms with van der Waals surface area (Å²) in [6.07, 6.45) is 2.50. The van der Waals surface area contributed by atoms with Crippen molar-refractivity contribution < 1.29 is 10.2 Å². The fourth-order valence-corrected chi connectivity index (χ4v) is 2.00. The molecule has 0 aliphatic rings. The van der Waals surface area contributed by atoms with Crippen LogP contribution in [0.5, 0.6) is 0 Å². The third-order valence-electron chi connectivity index (χ3n) is 3.05. The quantitative estimate of drug-likeness (QED) is 0.679. The van der Waals surface area contributed by atoms with Crippen molar-refractivity contribution in [1.29, 1.82) is 0 Å². The van der Waals surface area contributed by atoms with Gasteiger partial charge in [-0.05, 0) is 30.4 Å². The van der Waals surface area contributed by atoms with Crippen LogP contribution in [-0.2, 0) is 12.8 Å². The molecule has 0 heterocycles. The second-order valence-electron chi connectivity index (χ2n) is 4.19. The number of nitrogens with one attached hydrogen (secondary N) is 1. The molecule has 0 aliphatic carbocycles. The van der Waals surface area contributed by atoms with E-state index in [9.17, 15) is 5.11 Å². The van der Waals surface area contributed by atoms with E-state index in [1.165, 1.54) is 11.1 Å². The largest absolute Gasteiger partial charge is 0.396 e. The molecular weight excluding hydrogens is 214 g/mol. The van der Waals surface area contributed by atoms with Crippen molar-refractivity contribution in [2.24, 2.45) is 0 Å². The van der Waals surface area contributed by atoms with Crippen LogP contribution in [0.4, 0.5) is 5.69 Å². The lowest BCUT2D eigenvalue weighted by Crippen LogP contribution is -2.26. The molecule has 0 spiro atoms. The van der Waals surface area contributed by atoms with Gasteiger partial charge in [-0.3, -0.25) is 0 Å².